The van der Waals surface area contributed by atoms with Gasteiger partial charge in [0.2, 0.25) is 0 Å². The fraction of sp³-hybridized carbons (Fsp3) is 0.174. The van der Waals surface area contributed by atoms with Gasteiger partial charge in [0, 0.05) is 22.4 Å². The van der Waals surface area contributed by atoms with Crippen LogP contribution in [0.15, 0.2) is 65.5 Å². The number of nitrogens with one attached hydrogen (secondary N) is 1. The van der Waals surface area contributed by atoms with Crippen molar-refractivity contribution in [2.45, 2.75) is 25.8 Å². The summed E-state index contributed by atoms with van der Waals surface area (Å²) < 4.78 is 8.82. The summed E-state index contributed by atoms with van der Waals surface area (Å²) in [6.07, 6.45) is 5.72. The molecule has 0 spiro atoms. The molecule has 1 amide bonds. The molecule has 2 aromatic heterocycles. The number of carbonyl (C=O) groups is 1. The molecule has 150 valence electrons. The first-order valence-electron chi connectivity index (χ1n) is 9.76. The van der Waals surface area contributed by atoms with E-state index in [1.807, 2.05) is 61.7 Å². The SMILES string of the molecule is Cc1cc(Oc2ccccc2)ccc1NC(=O)c1ncnc2c1c(Br)cn2C1CC1. The molecule has 7 heteroatoms. The van der Waals surface area contributed by atoms with Crippen molar-refractivity contribution in [1.82, 2.24) is 14.5 Å². The maximum atomic E-state index is 13.0. The van der Waals surface area contributed by atoms with Crippen LogP contribution in [0.25, 0.3) is 11.0 Å². The molecule has 0 radical (unpaired) electrons. The summed E-state index contributed by atoms with van der Waals surface area (Å²) >= 11 is 3.58. The molecular weight excluding hydrogens is 444 g/mol. The van der Waals surface area contributed by atoms with Gasteiger partial charge >= 0.3 is 0 Å². The number of nitrogens with zero attached hydrogens (tertiary/aromatic N) is 3. The topological polar surface area (TPSA) is 69.0 Å². The molecule has 6 nitrogen and oxygen atoms in total. The lowest BCUT2D eigenvalue weighted by atomic mass is 10.1. The van der Waals surface area contributed by atoms with E-state index < -0.39 is 0 Å². The van der Waals surface area contributed by atoms with Gasteiger partial charge in [-0.25, -0.2) is 9.97 Å². The Morgan fingerprint density at radius 1 is 1.13 bits per heavy atom. The van der Waals surface area contributed by atoms with Gasteiger partial charge in [-0.1, -0.05) is 18.2 Å². The smallest absolute Gasteiger partial charge is 0.275 e. The summed E-state index contributed by atoms with van der Waals surface area (Å²) in [4.78, 5) is 21.7. The number of hydrogen-bond acceptors (Lipinski definition) is 4. The molecular formula is C23H19BrN4O2. The van der Waals surface area contributed by atoms with Crippen LogP contribution in [-0.2, 0) is 0 Å². The van der Waals surface area contributed by atoms with Gasteiger partial charge in [-0.2, -0.15) is 0 Å². The van der Waals surface area contributed by atoms with Crippen LogP contribution < -0.4 is 10.1 Å². The molecule has 1 saturated carbocycles. The standard InChI is InChI=1S/C23H19BrN4O2/c1-14-11-17(30-16-5-3-2-4-6-16)9-10-19(14)27-23(29)21-20-18(24)12-28(15-7-8-15)22(20)26-13-25-21/h2-6,9-13,15H,7-8H2,1H3,(H,27,29). The lowest BCUT2D eigenvalue weighted by Crippen LogP contribution is -2.15. The molecule has 0 atom stereocenters. The highest BCUT2D eigenvalue weighted by molar-refractivity contribution is 9.10. The van der Waals surface area contributed by atoms with Gasteiger partial charge < -0.3 is 14.6 Å². The Morgan fingerprint density at radius 2 is 1.93 bits per heavy atom. The minimum Gasteiger partial charge on any atom is -0.457 e. The Labute approximate surface area is 182 Å². The number of rotatable bonds is 5. The summed E-state index contributed by atoms with van der Waals surface area (Å²) in [5, 5.41) is 3.72. The number of aryl methyl sites for hydroxylation is 1. The Hall–Kier alpha value is -3.19. The first-order valence-corrected chi connectivity index (χ1v) is 10.6. The van der Waals surface area contributed by atoms with E-state index in [-0.39, 0.29) is 5.91 Å². The molecule has 0 bridgehead atoms. The maximum absolute atomic E-state index is 13.0. The lowest BCUT2D eigenvalue weighted by molar-refractivity contribution is 0.102. The average Bonchev–Trinajstić information content (AvgIpc) is 3.54. The van der Waals surface area contributed by atoms with Crippen LogP contribution in [0, 0.1) is 6.92 Å². The van der Waals surface area contributed by atoms with Crippen molar-refractivity contribution < 1.29 is 9.53 Å². The van der Waals surface area contributed by atoms with Crippen molar-refractivity contribution >= 4 is 38.6 Å². The summed E-state index contributed by atoms with van der Waals surface area (Å²) in [5.41, 5.74) is 2.75. The van der Waals surface area contributed by atoms with E-state index in [1.54, 1.807) is 0 Å². The van der Waals surface area contributed by atoms with Crippen molar-refractivity contribution in [2.24, 2.45) is 0 Å². The fourth-order valence-electron chi connectivity index (χ4n) is 3.49. The van der Waals surface area contributed by atoms with Crippen molar-refractivity contribution in [2.75, 3.05) is 5.32 Å². The van der Waals surface area contributed by atoms with Crippen LogP contribution in [0.2, 0.25) is 0 Å². The van der Waals surface area contributed by atoms with Crippen molar-refractivity contribution in [3.8, 4) is 11.5 Å². The van der Waals surface area contributed by atoms with E-state index in [1.165, 1.54) is 6.33 Å². The highest BCUT2D eigenvalue weighted by Crippen LogP contribution is 2.40. The zero-order valence-corrected chi connectivity index (χ0v) is 17.9. The number of ether oxygens (including phenoxy) is 1. The number of amides is 1. The molecule has 1 aliphatic carbocycles. The third-order valence-corrected chi connectivity index (χ3v) is 5.74. The number of hydrogen-bond donors (Lipinski definition) is 1. The molecule has 1 N–H and O–H groups in total. The van der Waals surface area contributed by atoms with E-state index in [2.05, 4.69) is 35.8 Å². The predicted octanol–water partition coefficient (Wildman–Crippen LogP) is 5.88. The van der Waals surface area contributed by atoms with Crippen molar-refractivity contribution in [3.63, 3.8) is 0 Å². The number of carbonyl (C=O) groups excluding carboxylic acids is 1. The summed E-state index contributed by atoms with van der Waals surface area (Å²) in [5.74, 6) is 1.21. The zero-order chi connectivity index (χ0) is 20.7. The minimum atomic E-state index is -0.267. The predicted molar refractivity (Wildman–Crippen MR) is 119 cm³/mol. The summed E-state index contributed by atoms with van der Waals surface area (Å²) in [6.45, 7) is 1.93. The molecule has 1 aliphatic rings. The van der Waals surface area contributed by atoms with Crippen LogP contribution >= 0.6 is 15.9 Å². The van der Waals surface area contributed by atoms with Crippen molar-refractivity contribution in [1.29, 1.82) is 0 Å². The summed E-state index contributed by atoms with van der Waals surface area (Å²) in [7, 11) is 0. The van der Waals surface area contributed by atoms with Crippen molar-refractivity contribution in [3.05, 3.63) is 76.8 Å². The summed E-state index contributed by atoms with van der Waals surface area (Å²) in [6, 6.07) is 15.6. The third-order valence-electron chi connectivity index (χ3n) is 5.14. The fourth-order valence-corrected chi connectivity index (χ4v) is 4.07. The second-order valence-electron chi connectivity index (χ2n) is 7.38. The molecule has 1 fully saturated rings. The van der Waals surface area contributed by atoms with Gasteiger partial charge in [0.1, 0.15) is 29.2 Å². The van der Waals surface area contributed by atoms with Gasteiger partial charge in [-0.15, -0.1) is 0 Å². The number of aromatic nitrogens is 3. The molecule has 0 aliphatic heterocycles. The average molecular weight is 463 g/mol. The van der Waals surface area contributed by atoms with Gasteiger partial charge in [0.05, 0.1) is 5.39 Å². The minimum absolute atomic E-state index is 0.267. The number of fused-ring (bicyclic) bond motifs is 1. The van der Waals surface area contributed by atoms with Gasteiger partial charge in [0.15, 0.2) is 0 Å². The molecule has 5 rings (SSSR count). The Bertz CT molecular complexity index is 1250. The normalized spacial score (nSPS) is 13.4. The van der Waals surface area contributed by atoms with Gasteiger partial charge in [-0.05, 0) is 71.6 Å². The highest BCUT2D eigenvalue weighted by Gasteiger charge is 2.28. The van der Waals surface area contributed by atoms with Crippen LogP contribution in [-0.4, -0.2) is 20.4 Å². The molecule has 2 aromatic carbocycles. The molecule has 0 unspecified atom stereocenters. The largest absolute Gasteiger partial charge is 0.457 e. The Morgan fingerprint density at radius 3 is 2.67 bits per heavy atom. The number of para-hydroxylation sites is 1. The maximum Gasteiger partial charge on any atom is 0.275 e. The molecule has 30 heavy (non-hydrogen) atoms. The molecule has 2 heterocycles. The monoisotopic (exact) mass is 462 g/mol. The van der Waals surface area contributed by atoms with Crippen LogP contribution in [0.1, 0.15) is 34.9 Å². The number of benzene rings is 2. The van der Waals surface area contributed by atoms with Crippen LogP contribution in [0.4, 0.5) is 5.69 Å². The number of halogens is 1. The second-order valence-corrected chi connectivity index (χ2v) is 8.24. The number of anilines is 1. The van der Waals surface area contributed by atoms with Gasteiger partial charge in [-0.3, -0.25) is 4.79 Å². The van der Waals surface area contributed by atoms with E-state index in [4.69, 9.17) is 4.74 Å². The quantitative estimate of drug-likeness (QED) is 0.401. The van der Waals surface area contributed by atoms with E-state index in [9.17, 15) is 4.79 Å². The first-order chi connectivity index (χ1) is 14.6. The Kier molecular flexibility index (Phi) is 4.75. The first kappa shape index (κ1) is 18.8. The Balaban J connectivity index is 1.40. The van der Waals surface area contributed by atoms with E-state index in [0.29, 0.717) is 23.2 Å². The molecule has 0 saturated heterocycles. The second kappa shape index (κ2) is 7.57. The van der Waals surface area contributed by atoms with Crippen LogP contribution in [0.5, 0.6) is 11.5 Å². The third kappa shape index (κ3) is 3.57. The van der Waals surface area contributed by atoms with E-state index >= 15 is 0 Å². The van der Waals surface area contributed by atoms with Crippen LogP contribution in [0.3, 0.4) is 0 Å². The van der Waals surface area contributed by atoms with E-state index in [0.717, 1.165) is 39.7 Å². The molecule has 4 aromatic rings. The van der Waals surface area contributed by atoms with Gasteiger partial charge in [0.25, 0.3) is 5.91 Å². The zero-order valence-electron chi connectivity index (χ0n) is 16.3. The lowest BCUT2D eigenvalue weighted by Gasteiger charge is -2.11. The highest BCUT2D eigenvalue weighted by atomic mass is 79.9.